The molecule has 0 aliphatic rings. The van der Waals surface area contributed by atoms with Gasteiger partial charge in [-0.3, -0.25) is 9.59 Å². The monoisotopic (exact) mass is 258 g/mol. The van der Waals surface area contributed by atoms with Gasteiger partial charge in [-0.2, -0.15) is 0 Å². The van der Waals surface area contributed by atoms with Crippen LogP contribution in [-0.4, -0.2) is 18.4 Å². The third kappa shape index (κ3) is 3.22. The average Bonchev–Trinajstić information content (AvgIpc) is 2.93. The van der Waals surface area contributed by atoms with E-state index >= 15 is 0 Å². The minimum atomic E-state index is -0.349. The minimum Gasteiger partial charge on any atom is -0.459 e. The number of amides is 2. The zero-order valence-corrected chi connectivity index (χ0v) is 10.5. The van der Waals surface area contributed by atoms with Crippen LogP contribution >= 0.6 is 0 Å². The summed E-state index contributed by atoms with van der Waals surface area (Å²) in [5.41, 5.74) is 1.05. The maximum absolute atomic E-state index is 11.8. The van der Waals surface area contributed by atoms with Crippen molar-refractivity contribution in [3.05, 3.63) is 54.0 Å². The Labute approximate surface area is 110 Å². The summed E-state index contributed by atoms with van der Waals surface area (Å²) in [5, 5.41) is 5.37. The highest BCUT2D eigenvalue weighted by Crippen LogP contribution is 2.12. The average molecular weight is 258 g/mol. The summed E-state index contributed by atoms with van der Waals surface area (Å²) in [7, 11) is 0. The van der Waals surface area contributed by atoms with Crippen molar-refractivity contribution in [3.8, 4) is 0 Å². The highest BCUT2D eigenvalue weighted by molar-refractivity contribution is 6.03. The van der Waals surface area contributed by atoms with E-state index in [-0.39, 0.29) is 17.6 Å². The lowest BCUT2D eigenvalue weighted by molar-refractivity contribution is 0.0953. The molecule has 0 radical (unpaired) electrons. The van der Waals surface area contributed by atoms with Gasteiger partial charge in [0.2, 0.25) is 0 Å². The Kier molecular flexibility index (Phi) is 3.97. The van der Waals surface area contributed by atoms with Crippen LogP contribution in [0.3, 0.4) is 0 Å². The molecule has 0 fully saturated rings. The van der Waals surface area contributed by atoms with Gasteiger partial charge in [-0.1, -0.05) is 6.07 Å². The predicted octanol–water partition coefficient (Wildman–Crippen LogP) is 2.28. The number of hydrogen-bond acceptors (Lipinski definition) is 3. The molecule has 2 N–H and O–H groups in total. The van der Waals surface area contributed by atoms with Crippen LogP contribution in [-0.2, 0) is 0 Å². The van der Waals surface area contributed by atoms with Gasteiger partial charge in [0, 0.05) is 17.8 Å². The van der Waals surface area contributed by atoms with E-state index in [9.17, 15) is 9.59 Å². The maximum atomic E-state index is 11.8. The van der Waals surface area contributed by atoms with E-state index < -0.39 is 0 Å². The normalized spacial score (nSPS) is 9.95. The molecule has 1 aromatic heterocycles. The molecule has 2 aromatic rings. The zero-order chi connectivity index (χ0) is 13.7. The van der Waals surface area contributed by atoms with E-state index in [1.165, 1.54) is 6.26 Å². The Bertz CT molecular complexity index is 576. The van der Waals surface area contributed by atoms with Crippen molar-refractivity contribution in [1.82, 2.24) is 5.32 Å². The topological polar surface area (TPSA) is 71.3 Å². The second-order valence-corrected chi connectivity index (χ2v) is 3.87. The Morgan fingerprint density at radius 1 is 1.16 bits per heavy atom. The molecule has 0 aliphatic carbocycles. The third-order valence-corrected chi connectivity index (χ3v) is 2.46. The number of hydrogen-bond donors (Lipinski definition) is 2. The minimum absolute atomic E-state index is 0.170. The van der Waals surface area contributed by atoms with Crippen molar-refractivity contribution < 1.29 is 14.0 Å². The summed E-state index contributed by atoms with van der Waals surface area (Å²) >= 11 is 0. The molecule has 98 valence electrons. The van der Waals surface area contributed by atoms with Crippen molar-refractivity contribution in [2.24, 2.45) is 0 Å². The van der Waals surface area contributed by atoms with Gasteiger partial charge in [0.1, 0.15) is 0 Å². The molecular formula is C14H14N2O3. The summed E-state index contributed by atoms with van der Waals surface area (Å²) in [6.45, 7) is 2.41. The number of carbonyl (C=O) groups is 2. The summed E-state index contributed by atoms with van der Waals surface area (Å²) < 4.78 is 4.99. The standard InChI is InChI=1S/C14H14N2O3/c1-2-15-13(17)10-5-3-6-11(9-10)16-14(18)12-7-4-8-19-12/h3-9H,2H2,1H3,(H,15,17)(H,16,18). The van der Waals surface area contributed by atoms with Crippen molar-refractivity contribution in [1.29, 1.82) is 0 Å². The molecule has 2 amide bonds. The fourth-order valence-electron chi connectivity index (χ4n) is 1.60. The van der Waals surface area contributed by atoms with Crippen LogP contribution in [0, 0.1) is 0 Å². The van der Waals surface area contributed by atoms with E-state index in [0.29, 0.717) is 17.8 Å². The van der Waals surface area contributed by atoms with Crippen LogP contribution in [0.2, 0.25) is 0 Å². The Hall–Kier alpha value is -2.56. The summed E-state index contributed by atoms with van der Waals surface area (Å²) in [5.74, 6) is -0.293. The van der Waals surface area contributed by atoms with Crippen LogP contribution in [0.1, 0.15) is 27.8 Å². The first-order valence-electron chi connectivity index (χ1n) is 5.94. The van der Waals surface area contributed by atoms with E-state index in [1.807, 2.05) is 6.92 Å². The maximum Gasteiger partial charge on any atom is 0.291 e. The number of carbonyl (C=O) groups excluding carboxylic acids is 2. The lowest BCUT2D eigenvalue weighted by Gasteiger charge is -2.06. The van der Waals surface area contributed by atoms with Crippen molar-refractivity contribution >= 4 is 17.5 Å². The summed E-state index contributed by atoms with van der Waals surface area (Å²) in [6.07, 6.45) is 1.43. The largest absolute Gasteiger partial charge is 0.459 e. The van der Waals surface area contributed by atoms with Gasteiger partial charge >= 0.3 is 0 Å². The number of rotatable bonds is 4. The molecule has 0 aliphatic heterocycles. The molecule has 5 heteroatoms. The quantitative estimate of drug-likeness (QED) is 0.883. The molecule has 0 atom stereocenters. The van der Waals surface area contributed by atoms with E-state index in [2.05, 4.69) is 10.6 Å². The lowest BCUT2D eigenvalue weighted by Crippen LogP contribution is -2.22. The molecule has 1 heterocycles. The molecule has 0 bridgehead atoms. The fourth-order valence-corrected chi connectivity index (χ4v) is 1.60. The molecule has 2 rings (SSSR count). The second-order valence-electron chi connectivity index (χ2n) is 3.87. The molecule has 0 unspecified atom stereocenters. The van der Waals surface area contributed by atoms with E-state index in [4.69, 9.17) is 4.42 Å². The van der Waals surface area contributed by atoms with Crippen LogP contribution < -0.4 is 10.6 Å². The first-order valence-corrected chi connectivity index (χ1v) is 5.94. The Morgan fingerprint density at radius 3 is 2.68 bits per heavy atom. The number of anilines is 1. The Balaban J connectivity index is 2.11. The highest BCUT2D eigenvalue weighted by atomic mass is 16.3. The predicted molar refractivity (Wildman–Crippen MR) is 71.1 cm³/mol. The van der Waals surface area contributed by atoms with Crippen molar-refractivity contribution in [2.45, 2.75) is 6.92 Å². The number of benzene rings is 1. The van der Waals surface area contributed by atoms with Gasteiger partial charge in [-0.15, -0.1) is 0 Å². The first-order chi connectivity index (χ1) is 9.20. The number of nitrogens with one attached hydrogen (secondary N) is 2. The van der Waals surface area contributed by atoms with E-state index in [0.717, 1.165) is 0 Å². The van der Waals surface area contributed by atoms with Crippen molar-refractivity contribution in [3.63, 3.8) is 0 Å². The SMILES string of the molecule is CCNC(=O)c1cccc(NC(=O)c2ccco2)c1. The van der Waals surface area contributed by atoms with Gasteiger partial charge in [0.05, 0.1) is 6.26 Å². The first kappa shape index (κ1) is 12.9. The van der Waals surface area contributed by atoms with Gasteiger partial charge in [-0.05, 0) is 37.3 Å². The third-order valence-electron chi connectivity index (χ3n) is 2.46. The van der Waals surface area contributed by atoms with Crippen LogP contribution in [0.5, 0.6) is 0 Å². The molecule has 0 spiro atoms. The molecule has 0 saturated heterocycles. The smallest absolute Gasteiger partial charge is 0.291 e. The molecule has 19 heavy (non-hydrogen) atoms. The zero-order valence-electron chi connectivity index (χ0n) is 10.5. The summed E-state index contributed by atoms with van der Waals surface area (Å²) in [6, 6.07) is 9.94. The highest BCUT2D eigenvalue weighted by Gasteiger charge is 2.10. The molecule has 0 saturated carbocycles. The van der Waals surface area contributed by atoms with Gasteiger partial charge in [0.25, 0.3) is 11.8 Å². The van der Waals surface area contributed by atoms with Gasteiger partial charge in [0.15, 0.2) is 5.76 Å². The van der Waals surface area contributed by atoms with Gasteiger partial charge in [-0.25, -0.2) is 0 Å². The van der Waals surface area contributed by atoms with E-state index in [1.54, 1.807) is 36.4 Å². The van der Waals surface area contributed by atoms with Crippen LogP contribution in [0.25, 0.3) is 0 Å². The molecule has 5 nitrogen and oxygen atoms in total. The molecular weight excluding hydrogens is 244 g/mol. The Morgan fingerprint density at radius 2 is 2.00 bits per heavy atom. The van der Waals surface area contributed by atoms with Crippen molar-refractivity contribution in [2.75, 3.05) is 11.9 Å². The number of furan rings is 1. The fraction of sp³-hybridized carbons (Fsp3) is 0.143. The summed E-state index contributed by atoms with van der Waals surface area (Å²) in [4.78, 5) is 23.4. The van der Waals surface area contributed by atoms with Crippen LogP contribution in [0.15, 0.2) is 47.1 Å². The lowest BCUT2D eigenvalue weighted by atomic mass is 10.2. The second kappa shape index (κ2) is 5.86. The van der Waals surface area contributed by atoms with Gasteiger partial charge < -0.3 is 15.1 Å². The molecule has 1 aromatic carbocycles. The van der Waals surface area contributed by atoms with Crippen LogP contribution in [0.4, 0.5) is 5.69 Å².